The van der Waals surface area contributed by atoms with E-state index in [4.69, 9.17) is 23.7 Å². The second-order valence-electron chi connectivity index (χ2n) is 7.86. The van der Waals surface area contributed by atoms with Gasteiger partial charge in [0.1, 0.15) is 18.2 Å². The van der Waals surface area contributed by atoms with Crippen molar-refractivity contribution < 1.29 is 38.4 Å². The molecule has 0 aliphatic carbocycles. The van der Waals surface area contributed by atoms with Gasteiger partial charge in [-0.25, -0.2) is 4.79 Å². The van der Waals surface area contributed by atoms with Gasteiger partial charge < -0.3 is 28.8 Å². The quantitative estimate of drug-likeness (QED) is 0.381. The summed E-state index contributed by atoms with van der Waals surface area (Å²) in [4.78, 5) is 25.7. The van der Waals surface area contributed by atoms with Gasteiger partial charge in [0.2, 0.25) is 0 Å². The summed E-state index contributed by atoms with van der Waals surface area (Å²) in [6.07, 6.45) is -0.506. The molecular weight excluding hydrogens is 418 g/mol. The highest BCUT2D eigenvalue weighted by atomic mass is 16.7. The Labute approximate surface area is 188 Å². The highest BCUT2D eigenvalue weighted by molar-refractivity contribution is 5.71. The lowest BCUT2D eigenvalue weighted by atomic mass is 9.96. The van der Waals surface area contributed by atoms with Crippen molar-refractivity contribution in [1.29, 1.82) is 0 Å². The Hall–Kier alpha value is -2.20. The average molecular weight is 452 g/mol. The van der Waals surface area contributed by atoms with E-state index in [0.29, 0.717) is 32.6 Å². The molecule has 0 radical (unpaired) electrons. The minimum atomic E-state index is -0.739. The Morgan fingerprint density at radius 3 is 2.66 bits per heavy atom. The molecule has 1 N–H and O–H groups in total. The van der Waals surface area contributed by atoms with Gasteiger partial charge in [-0.15, -0.1) is 0 Å². The van der Waals surface area contributed by atoms with Crippen molar-refractivity contribution in [2.24, 2.45) is 0 Å². The van der Waals surface area contributed by atoms with E-state index in [0.717, 1.165) is 18.4 Å². The number of hydrogen-bond donors (Lipinski definition) is 1. The second-order valence-corrected chi connectivity index (χ2v) is 7.86. The van der Waals surface area contributed by atoms with Crippen molar-refractivity contribution in [1.82, 2.24) is 4.90 Å². The summed E-state index contributed by atoms with van der Waals surface area (Å²) >= 11 is 0. The topological polar surface area (TPSA) is 104 Å². The molecule has 0 spiro atoms. The van der Waals surface area contributed by atoms with E-state index >= 15 is 0 Å². The molecule has 1 aromatic carbocycles. The predicted molar refractivity (Wildman–Crippen MR) is 114 cm³/mol. The summed E-state index contributed by atoms with van der Waals surface area (Å²) in [6.45, 7) is 2.64. The fourth-order valence-electron chi connectivity index (χ4n) is 4.15. The lowest BCUT2D eigenvalue weighted by Gasteiger charge is -2.42. The number of carbonyl (C=O) groups is 2. The molecule has 5 atom stereocenters. The molecule has 2 fully saturated rings. The van der Waals surface area contributed by atoms with Crippen LogP contribution in [0.15, 0.2) is 30.3 Å². The molecule has 9 nitrogen and oxygen atoms in total. The molecule has 178 valence electrons. The number of ether oxygens (including phenoxy) is 5. The van der Waals surface area contributed by atoms with E-state index in [1.54, 1.807) is 11.8 Å². The minimum Gasteiger partial charge on any atom is -0.466 e. The molecule has 2 saturated heterocycles. The fourth-order valence-corrected chi connectivity index (χ4v) is 4.15. The van der Waals surface area contributed by atoms with Gasteiger partial charge >= 0.3 is 12.1 Å². The lowest BCUT2D eigenvalue weighted by molar-refractivity contribution is -0.268. The Balaban J connectivity index is 1.60. The van der Waals surface area contributed by atoms with Crippen LogP contribution in [0.25, 0.3) is 0 Å². The van der Waals surface area contributed by atoms with Crippen LogP contribution in [-0.4, -0.2) is 79.6 Å². The molecular formula is C23H33NO8. The van der Waals surface area contributed by atoms with Crippen LogP contribution in [0, 0.1) is 0 Å². The summed E-state index contributed by atoms with van der Waals surface area (Å²) in [5, 5.41) is 9.85. The van der Waals surface area contributed by atoms with Crippen LogP contribution < -0.4 is 0 Å². The van der Waals surface area contributed by atoms with Crippen LogP contribution in [0.2, 0.25) is 0 Å². The van der Waals surface area contributed by atoms with Gasteiger partial charge in [0.25, 0.3) is 0 Å². The van der Waals surface area contributed by atoms with Crippen molar-refractivity contribution in [2.45, 2.75) is 69.8 Å². The second kappa shape index (κ2) is 12.2. The summed E-state index contributed by atoms with van der Waals surface area (Å²) < 4.78 is 28.1. The number of unbranched alkanes of at least 4 members (excludes halogenated alkanes) is 2. The van der Waals surface area contributed by atoms with Crippen LogP contribution in [0.4, 0.5) is 4.79 Å². The molecule has 0 aromatic heterocycles. The summed E-state index contributed by atoms with van der Waals surface area (Å²) in [6, 6.07) is 9.12. The van der Waals surface area contributed by atoms with E-state index in [1.807, 2.05) is 30.3 Å². The van der Waals surface area contributed by atoms with Gasteiger partial charge in [-0.1, -0.05) is 36.8 Å². The first-order valence-corrected chi connectivity index (χ1v) is 11.2. The molecule has 2 aliphatic heterocycles. The Morgan fingerprint density at radius 1 is 1.19 bits per heavy atom. The van der Waals surface area contributed by atoms with Gasteiger partial charge in [0.15, 0.2) is 12.4 Å². The zero-order chi connectivity index (χ0) is 22.9. The number of methoxy groups -OCH3 is 1. The molecule has 1 amide bonds. The van der Waals surface area contributed by atoms with Crippen molar-refractivity contribution in [3.63, 3.8) is 0 Å². The van der Waals surface area contributed by atoms with Crippen LogP contribution in [0.5, 0.6) is 0 Å². The number of amides is 1. The monoisotopic (exact) mass is 451 g/mol. The minimum absolute atomic E-state index is 0.195. The maximum absolute atomic E-state index is 12.7. The molecule has 0 saturated carbocycles. The zero-order valence-corrected chi connectivity index (χ0v) is 18.7. The molecule has 0 unspecified atom stereocenters. The van der Waals surface area contributed by atoms with Crippen molar-refractivity contribution in [3.8, 4) is 0 Å². The van der Waals surface area contributed by atoms with E-state index in [9.17, 15) is 14.7 Å². The van der Waals surface area contributed by atoms with E-state index in [2.05, 4.69) is 0 Å². The first kappa shape index (κ1) is 24.4. The summed E-state index contributed by atoms with van der Waals surface area (Å²) in [5.41, 5.74) is 0.961. The van der Waals surface area contributed by atoms with Crippen LogP contribution in [-0.2, 0) is 35.0 Å². The predicted octanol–water partition coefficient (Wildman–Crippen LogP) is 2.25. The van der Waals surface area contributed by atoms with Gasteiger partial charge in [-0.3, -0.25) is 9.69 Å². The van der Waals surface area contributed by atoms with Crippen LogP contribution in [0.3, 0.4) is 0 Å². The third kappa shape index (κ3) is 5.98. The number of hydrogen-bond acceptors (Lipinski definition) is 8. The summed E-state index contributed by atoms with van der Waals surface area (Å²) in [5.74, 6) is -0.195. The standard InChI is InChI=1S/C23H33NO8/c1-3-29-18(26)12-8-5-9-13-30-20-17(15-25)31-22(28-2)19-21(20)32-23(27)24(19)14-16-10-6-4-7-11-16/h4,6-7,10-11,17,19-22,25H,3,5,8-9,12-15H2,1-2H3/t17-,19-,20-,21-,22+/m1/s1. The van der Waals surface area contributed by atoms with Gasteiger partial charge in [0, 0.05) is 26.7 Å². The maximum Gasteiger partial charge on any atom is 0.411 e. The fraction of sp³-hybridized carbons (Fsp3) is 0.652. The molecule has 2 heterocycles. The van der Waals surface area contributed by atoms with Gasteiger partial charge in [0.05, 0.1) is 13.2 Å². The third-order valence-corrected chi connectivity index (χ3v) is 5.69. The molecule has 2 aliphatic rings. The molecule has 32 heavy (non-hydrogen) atoms. The first-order valence-electron chi connectivity index (χ1n) is 11.2. The number of aliphatic hydroxyl groups is 1. The molecule has 1 aromatic rings. The van der Waals surface area contributed by atoms with E-state index < -0.39 is 36.7 Å². The SMILES string of the molecule is CCOC(=O)CCCCCO[C@H]1[C@@H]2OC(=O)N(Cc3ccccc3)[C@H]2[C@@H](OC)O[C@@H]1CO. The van der Waals surface area contributed by atoms with Crippen molar-refractivity contribution >= 4 is 12.1 Å². The van der Waals surface area contributed by atoms with Crippen molar-refractivity contribution in [2.75, 3.05) is 26.9 Å². The number of benzene rings is 1. The number of nitrogens with zero attached hydrogens (tertiary/aromatic N) is 1. The van der Waals surface area contributed by atoms with E-state index in [1.165, 1.54) is 7.11 Å². The number of carbonyl (C=O) groups excluding carboxylic acids is 2. The number of aliphatic hydroxyl groups excluding tert-OH is 1. The molecule has 3 rings (SSSR count). The lowest BCUT2D eigenvalue weighted by Crippen LogP contribution is -2.61. The molecule has 0 bridgehead atoms. The molecule has 9 heteroatoms. The third-order valence-electron chi connectivity index (χ3n) is 5.69. The first-order chi connectivity index (χ1) is 15.6. The number of rotatable bonds is 12. The van der Waals surface area contributed by atoms with Crippen molar-refractivity contribution in [3.05, 3.63) is 35.9 Å². The van der Waals surface area contributed by atoms with Gasteiger partial charge in [-0.2, -0.15) is 0 Å². The Kier molecular flexibility index (Phi) is 9.28. The van der Waals surface area contributed by atoms with E-state index in [-0.39, 0.29) is 12.6 Å². The summed E-state index contributed by atoms with van der Waals surface area (Å²) in [7, 11) is 1.50. The normalized spacial score (nSPS) is 27.2. The number of fused-ring (bicyclic) bond motifs is 1. The van der Waals surface area contributed by atoms with Gasteiger partial charge in [-0.05, 0) is 25.3 Å². The largest absolute Gasteiger partial charge is 0.466 e. The highest BCUT2D eigenvalue weighted by Gasteiger charge is 2.56. The van der Waals surface area contributed by atoms with Crippen LogP contribution >= 0.6 is 0 Å². The van der Waals surface area contributed by atoms with Crippen LogP contribution in [0.1, 0.15) is 38.2 Å². The average Bonchev–Trinajstić information content (AvgIpc) is 3.12. The maximum atomic E-state index is 12.7. The smallest absolute Gasteiger partial charge is 0.411 e. The Bertz CT molecular complexity index is 730. The zero-order valence-electron chi connectivity index (χ0n) is 18.7. The highest BCUT2D eigenvalue weighted by Crippen LogP contribution is 2.35. The number of esters is 1. The Morgan fingerprint density at radius 2 is 1.97 bits per heavy atom.